The predicted molar refractivity (Wildman–Crippen MR) is 82.1 cm³/mol. The van der Waals surface area contributed by atoms with Gasteiger partial charge in [-0.15, -0.1) is 5.10 Å². The van der Waals surface area contributed by atoms with Crippen molar-refractivity contribution in [3.63, 3.8) is 0 Å². The number of nitrogens with zero attached hydrogens (tertiary/aromatic N) is 1. The van der Waals surface area contributed by atoms with E-state index < -0.39 is 0 Å². The number of benzene rings is 1. The number of ether oxygens (including phenoxy) is 2. The zero-order valence-electron chi connectivity index (χ0n) is 13.0. The largest absolute Gasteiger partial charge is 0.474 e. The summed E-state index contributed by atoms with van der Waals surface area (Å²) >= 11 is 0. The second-order valence-electron chi connectivity index (χ2n) is 4.82. The summed E-state index contributed by atoms with van der Waals surface area (Å²) < 4.78 is 10.1. The molecular formula is C16H20N2O4. The Morgan fingerprint density at radius 1 is 1.41 bits per heavy atom. The number of aromatic amines is 1. The topological polar surface area (TPSA) is 84.4 Å². The number of H-pyrrole nitrogens is 1. The van der Waals surface area contributed by atoms with Crippen LogP contribution in [0.5, 0.6) is 5.88 Å². The van der Waals surface area contributed by atoms with E-state index in [0.717, 1.165) is 28.8 Å². The molecule has 1 heterocycles. The van der Waals surface area contributed by atoms with Crippen LogP contribution in [0, 0.1) is 6.92 Å². The summed E-state index contributed by atoms with van der Waals surface area (Å²) in [6.45, 7) is 4.05. The molecule has 0 aliphatic rings. The molecule has 0 saturated carbocycles. The van der Waals surface area contributed by atoms with Crippen molar-refractivity contribution in [2.24, 2.45) is 0 Å². The van der Waals surface area contributed by atoms with Crippen LogP contribution in [0.2, 0.25) is 0 Å². The highest BCUT2D eigenvalue weighted by Crippen LogP contribution is 2.31. The minimum absolute atomic E-state index is 0.0698. The molecule has 0 radical (unpaired) electrons. The van der Waals surface area contributed by atoms with Crippen LogP contribution in [0.4, 0.5) is 0 Å². The van der Waals surface area contributed by atoms with Gasteiger partial charge in [0.05, 0.1) is 25.0 Å². The first-order valence-electron chi connectivity index (χ1n) is 7.12. The van der Waals surface area contributed by atoms with E-state index in [4.69, 9.17) is 14.6 Å². The molecular weight excluding hydrogens is 284 g/mol. The summed E-state index contributed by atoms with van der Waals surface area (Å²) in [6, 6.07) is 5.46. The van der Waals surface area contributed by atoms with Crippen LogP contribution in [0.3, 0.4) is 0 Å². The Kier molecular flexibility index (Phi) is 5.16. The summed E-state index contributed by atoms with van der Waals surface area (Å²) in [5, 5.41) is 15.9. The van der Waals surface area contributed by atoms with E-state index in [9.17, 15) is 4.79 Å². The van der Waals surface area contributed by atoms with Crippen LogP contribution in [0.15, 0.2) is 18.2 Å². The number of aliphatic hydroxyl groups is 1. The molecule has 6 heteroatoms. The van der Waals surface area contributed by atoms with Crippen LogP contribution in [0.25, 0.3) is 11.3 Å². The van der Waals surface area contributed by atoms with E-state index in [1.807, 2.05) is 19.9 Å². The molecule has 0 atom stereocenters. The molecule has 0 amide bonds. The molecule has 118 valence electrons. The number of esters is 1. The number of carbonyl (C=O) groups is 1. The quantitative estimate of drug-likeness (QED) is 0.798. The molecule has 0 saturated heterocycles. The van der Waals surface area contributed by atoms with Gasteiger partial charge in [0.25, 0.3) is 0 Å². The first kappa shape index (κ1) is 16.0. The molecule has 0 fully saturated rings. The molecule has 0 aliphatic heterocycles. The Morgan fingerprint density at radius 3 is 2.82 bits per heavy atom. The maximum absolute atomic E-state index is 11.7. The van der Waals surface area contributed by atoms with Gasteiger partial charge < -0.3 is 14.6 Å². The van der Waals surface area contributed by atoms with Gasteiger partial charge in [0.1, 0.15) is 6.61 Å². The molecule has 1 aromatic heterocycles. The van der Waals surface area contributed by atoms with Crippen molar-refractivity contribution in [1.29, 1.82) is 0 Å². The lowest BCUT2D eigenvalue weighted by Gasteiger charge is -2.09. The Labute approximate surface area is 129 Å². The van der Waals surface area contributed by atoms with Gasteiger partial charge >= 0.3 is 5.97 Å². The smallest absolute Gasteiger partial charge is 0.337 e. The van der Waals surface area contributed by atoms with E-state index in [1.165, 1.54) is 7.11 Å². The molecule has 2 aromatic rings. The second kappa shape index (κ2) is 7.09. The van der Waals surface area contributed by atoms with Gasteiger partial charge in [0.2, 0.25) is 5.88 Å². The number of nitrogens with one attached hydrogen (secondary N) is 1. The third kappa shape index (κ3) is 3.12. The van der Waals surface area contributed by atoms with Crippen molar-refractivity contribution >= 4 is 5.97 Å². The highest BCUT2D eigenvalue weighted by atomic mass is 16.5. The van der Waals surface area contributed by atoms with E-state index in [0.29, 0.717) is 11.4 Å². The molecule has 6 nitrogen and oxygen atoms in total. The van der Waals surface area contributed by atoms with Gasteiger partial charge in [-0.3, -0.25) is 5.10 Å². The van der Waals surface area contributed by atoms with Crippen LogP contribution in [0.1, 0.15) is 28.4 Å². The SMILES string of the molecule is CCc1ccc(C(=O)OC)cc1-c1[nH]nc(OCCO)c1C. The van der Waals surface area contributed by atoms with Crippen LogP contribution < -0.4 is 4.74 Å². The number of carbonyl (C=O) groups excluding carboxylic acids is 1. The third-order valence-corrected chi connectivity index (χ3v) is 3.48. The molecule has 0 unspecified atom stereocenters. The second-order valence-corrected chi connectivity index (χ2v) is 4.82. The average molecular weight is 304 g/mol. The lowest BCUT2D eigenvalue weighted by molar-refractivity contribution is 0.0601. The Bertz CT molecular complexity index is 664. The fourth-order valence-electron chi connectivity index (χ4n) is 2.29. The van der Waals surface area contributed by atoms with Gasteiger partial charge in [-0.25, -0.2) is 4.79 Å². The van der Waals surface area contributed by atoms with E-state index in [2.05, 4.69) is 10.2 Å². The monoisotopic (exact) mass is 304 g/mol. The number of rotatable bonds is 6. The molecule has 1 aromatic carbocycles. The highest BCUT2D eigenvalue weighted by molar-refractivity contribution is 5.91. The van der Waals surface area contributed by atoms with Gasteiger partial charge in [-0.05, 0) is 31.0 Å². The van der Waals surface area contributed by atoms with Crippen LogP contribution >= 0.6 is 0 Å². The summed E-state index contributed by atoms with van der Waals surface area (Å²) in [5.41, 5.74) is 4.12. The predicted octanol–water partition coefficient (Wildman–Crippen LogP) is 2.11. The number of hydrogen-bond acceptors (Lipinski definition) is 5. The van der Waals surface area contributed by atoms with Crippen molar-refractivity contribution < 1.29 is 19.4 Å². The standard InChI is InChI=1S/C16H20N2O4/c1-4-11-5-6-12(16(20)21-3)9-13(11)14-10(2)15(18-17-14)22-8-7-19/h5-6,9,19H,4,7-8H2,1-3H3,(H,17,18). The Balaban J connectivity index is 2.46. The van der Waals surface area contributed by atoms with E-state index >= 15 is 0 Å². The fourth-order valence-corrected chi connectivity index (χ4v) is 2.29. The van der Waals surface area contributed by atoms with Crippen molar-refractivity contribution in [3.05, 3.63) is 34.9 Å². The van der Waals surface area contributed by atoms with Gasteiger partial charge in [-0.2, -0.15) is 0 Å². The van der Waals surface area contributed by atoms with Crippen molar-refractivity contribution in [3.8, 4) is 17.1 Å². The lowest BCUT2D eigenvalue weighted by Crippen LogP contribution is -2.03. The molecule has 22 heavy (non-hydrogen) atoms. The first-order chi connectivity index (χ1) is 10.6. The number of aromatic nitrogens is 2. The maximum atomic E-state index is 11.7. The van der Waals surface area contributed by atoms with E-state index in [1.54, 1.807) is 12.1 Å². The summed E-state index contributed by atoms with van der Waals surface area (Å²) in [4.78, 5) is 11.7. The normalized spacial score (nSPS) is 10.5. The summed E-state index contributed by atoms with van der Waals surface area (Å²) in [7, 11) is 1.36. The Morgan fingerprint density at radius 2 is 2.18 bits per heavy atom. The minimum Gasteiger partial charge on any atom is -0.474 e. The van der Waals surface area contributed by atoms with Crippen LogP contribution in [-0.4, -0.2) is 41.6 Å². The number of aryl methyl sites for hydroxylation is 1. The molecule has 0 aliphatic carbocycles. The fraction of sp³-hybridized carbons (Fsp3) is 0.375. The number of hydrogen-bond donors (Lipinski definition) is 2. The Hall–Kier alpha value is -2.34. The van der Waals surface area contributed by atoms with Crippen molar-refractivity contribution in [2.75, 3.05) is 20.3 Å². The third-order valence-electron chi connectivity index (χ3n) is 3.48. The first-order valence-corrected chi connectivity index (χ1v) is 7.12. The van der Waals surface area contributed by atoms with Crippen molar-refractivity contribution in [2.45, 2.75) is 20.3 Å². The molecule has 2 N–H and O–H groups in total. The number of aliphatic hydroxyl groups excluding tert-OH is 1. The molecule has 0 bridgehead atoms. The van der Waals surface area contributed by atoms with Gasteiger partial charge in [-0.1, -0.05) is 13.0 Å². The highest BCUT2D eigenvalue weighted by Gasteiger charge is 2.16. The molecule has 2 rings (SSSR count). The van der Waals surface area contributed by atoms with Gasteiger partial charge in [0, 0.05) is 11.1 Å². The minimum atomic E-state index is -0.377. The number of methoxy groups -OCH3 is 1. The van der Waals surface area contributed by atoms with Crippen molar-refractivity contribution in [1.82, 2.24) is 10.2 Å². The van der Waals surface area contributed by atoms with E-state index in [-0.39, 0.29) is 19.2 Å². The summed E-state index contributed by atoms with van der Waals surface area (Å²) in [5.74, 6) is 0.0763. The van der Waals surface area contributed by atoms with Gasteiger partial charge in [0.15, 0.2) is 0 Å². The maximum Gasteiger partial charge on any atom is 0.337 e. The lowest BCUT2D eigenvalue weighted by atomic mass is 9.97. The zero-order chi connectivity index (χ0) is 16.1. The zero-order valence-corrected chi connectivity index (χ0v) is 13.0. The van der Waals surface area contributed by atoms with Crippen LogP contribution in [-0.2, 0) is 11.2 Å². The molecule has 0 spiro atoms. The summed E-state index contributed by atoms with van der Waals surface area (Å²) in [6.07, 6.45) is 0.822. The average Bonchev–Trinajstić information content (AvgIpc) is 2.92.